The standard InChI is InChI=1S/C26H21NO4/c1-27-15-18(20-8-4-5-9-22(20)27)13-25-26(28)21-12-11-19(14-24(21)31-25)30-16-17-7-3-6-10-23(17)29-2/h3-15H,16H2,1-2H3/b25-13+. The van der Waals surface area contributed by atoms with Crippen LogP contribution in [-0.2, 0) is 13.7 Å². The Morgan fingerprint density at radius 1 is 1.03 bits per heavy atom. The van der Waals surface area contributed by atoms with Crippen LogP contribution in [0.4, 0.5) is 0 Å². The van der Waals surface area contributed by atoms with Gasteiger partial charge in [0.2, 0.25) is 5.78 Å². The van der Waals surface area contributed by atoms with Gasteiger partial charge in [-0.2, -0.15) is 0 Å². The number of Topliss-reactive ketones (excluding diaryl/α,β-unsaturated/α-hetero) is 1. The van der Waals surface area contributed by atoms with Crippen molar-refractivity contribution in [1.82, 2.24) is 4.57 Å². The molecule has 3 aromatic carbocycles. The van der Waals surface area contributed by atoms with Crippen molar-refractivity contribution in [3.05, 3.63) is 95.4 Å². The minimum Gasteiger partial charge on any atom is -0.496 e. The van der Waals surface area contributed by atoms with E-state index >= 15 is 0 Å². The van der Waals surface area contributed by atoms with Crippen molar-refractivity contribution >= 4 is 22.8 Å². The highest BCUT2D eigenvalue weighted by atomic mass is 16.5. The van der Waals surface area contributed by atoms with Gasteiger partial charge in [-0.25, -0.2) is 0 Å². The second-order valence-electron chi connectivity index (χ2n) is 7.41. The Morgan fingerprint density at radius 2 is 1.84 bits per heavy atom. The van der Waals surface area contributed by atoms with E-state index in [2.05, 4.69) is 6.07 Å². The SMILES string of the molecule is COc1ccccc1COc1ccc2c(c1)O/C(=C/c1cn(C)c3ccccc13)C2=O. The first-order valence-corrected chi connectivity index (χ1v) is 10.0. The molecule has 5 rings (SSSR count). The fourth-order valence-corrected chi connectivity index (χ4v) is 3.87. The zero-order valence-electron chi connectivity index (χ0n) is 17.3. The molecule has 0 bridgehead atoms. The fourth-order valence-electron chi connectivity index (χ4n) is 3.87. The zero-order valence-corrected chi connectivity index (χ0v) is 17.3. The number of carbonyl (C=O) groups is 1. The van der Waals surface area contributed by atoms with Gasteiger partial charge in [0.05, 0.1) is 12.7 Å². The number of allylic oxidation sites excluding steroid dienone is 1. The Balaban J connectivity index is 1.39. The lowest BCUT2D eigenvalue weighted by Crippen LogP contribution is -1.99. The van der Waals surface area contributed by atoms with E-state index in [1.54, 1.807) is 31.4 Å². The highest BCUT2D eigenvalue weighted by molar-refractivity contribution is 6.15. The molecule has 2 heterocycles. The maximum Gasteiger partial charge on any atom is 0.231 e. The molecule has 1 aromatic heterocycles. The van der Waals surface area contributed by atoms with Crippen molar-refractivity contribution < 1.29 is 19.0 Å². The van der Waals surface area contributed by atoms with Gasteiger partial charge in [0.15, 0.2) is 5.76 Å². The molecule has 0 saturated heterocycles. The largest absolute Gasteiger partial charge is 0.496 e. The normalized spacial score (nSPS) is 14.0. The van der Waals surface area contributed by atoms with Gasteiger partial charge < -0.3 is 18.8 Å². The topological polar surface area (TPSA) is 49.7 Å². The molecule has 0 N–H and O–H groups in total. The predicted molar refractivity (Wildman–Crippen MR) is 120 cm³/mol. The van der Waals surface area contributed by atoms with E-state index in [-0.39, 0.29) is 5.78 Å². The third-order valence-electron chi connectivity index (χ3n) is 5.44. The smallest absolute Gasteiger partial charge is 0.231 e. The van der Waals surface area contributed by atoms with Crippen LogP contribution < -0.4 is 14.2 Å². The van der Waals surface area contributed by atoms with Gasteiger partial charge in [0.25, 0.3) is 0 Å². The lowest BCUT2D eigenvalue weighted by atomic mass is 10.1. The van der Waals surface area contributed by atoms with Crippen molar-refractivity contribution in [3.8, 4) is 17.2 Å². The number of benzene rings is 3. The number of para-hydroxylation sites is 2. The van der Waals surface area contributed by atoms with Crippen molar-refractivity contribution in [2.75, 3.05) is 7.11 Å². The van der Waals surface area contributed by atoms with E-state index in [1.165, 1.54) is 0 Å². The molecule has 0 atom stereocenters. The highest BCUT2D eigenvalue weighted by Crippen LogP contribution is 2.36. The van der Waals surface area contributed by atoms with Crippen LogP contribution in [0.25, 0.3) is 17.0 Å². The number of methoxy groups -OCH3 is 1. The van der Waals surface area contributed by atoms with Crippen LogP contribution in [-0.4, -0.2) is 17.5 Å². The van der Waals surface area contributed by atoms with Gasteiger partial charge in [-0.15, -0.1) is 0 Å². The quantitative estimate of drug-likeness (QED) is 0.414. The molecule has 31 heavy (non-hydrogen) atoms. The Hall–Kier alpha value is -3.99. The van der Waals surface area contributed by atoms with Crippen LogP contribution in [0, 0.1) is 0 Å². The monoisotopic (exact) mass is 411 g/mol. The van der Waals surface area contributed by atoms with Crippen LogP contribution >= 0.6 is 0 Å². The first kappa shape index (κ1) is 19.0. The molecule has 0 fully saturated rings. The van der Waals surface area contributed by atoms with E-state index in [9.17, 15) is 4.79 Å². The molecule has 1 aliphatic heterocycles. The van der Waals surface area contributed by atoms with E-state index in [1.807, 2.05) is 60.3 Å². The molecule has 4 aromatic rings. The predicted octanol–water partition coefficient (Wildman–Crippen LogP) is 5.38. The van der Waals surface area contributed by atoms with E-state index < -0.39 is 0 Å². The number of hydrogen-bond acceptors (Lipinski definition) is 4. The van der Waals surface area contributed by atoms with E-state index in [4.69, 9.17) is 14.2 Å². The summed E-state index contributed by atoms with van der Waals surface area (Å²) < 4.78 is 19.2. The number of ether oxygens (including phenoxy) is 3. The summed E-state index contributed by atoms with van der Waals surface area (Å²) >= 11 is 0. The Bertz CT molecular complexity index is 1330. The van der Waals surface area contributed by atoms with Gasteiger partial charge in [-0.3, -0.25) is 4.79 Å². The average molecular weight is 411 g/mol. The summed E-state index contributed by atoms with van der Waals surface area (Å²) in [5.74, 6) is 2.10. The maximum absolute atomic E-state index is 12.9. The Kier molecular flexibility index (Phi) is 4.71. The molecular weight excluding hydrogens is 390 g/mol. The minimum absolute atomic E-state index is 0.126. The summed E-state index contributed by atoms with van der Waals surface area (Å²) in [5, 5.41) is 1.07. The molecule has 154 valence electrons. The molecule has 0 aliphatic carbocycles. The summed E-state index contributed by atoms with van der Waals surface area (Å²) in [7, 11) is 3.62. The zero-order chi connectivity index (χ0) is 21.4. The average Bonchev–Trinajstić information content (AvgIpc) is 3.29. The number of carbonyl (C=O) groups excluding carboxylic acids is 1. The first-order chi connectivity index (χ1) is 15.1. The summed E-state index contributed by atoms with van der Waals surface area (Å²) in [4.78, 5) is 12.9. The summed E-state index contributed by atoms with van der Waals surface area (Å²) in [6, 6.07) is 21.1. The third-order valence-corrected chi connectivity index (χ3v) is 5.44. The molecule has 0 saturated carbocycles. The van der Waals surface area contributed by atoms with Crippen LogP contribution in [0.2, 0.25) is 0 Å². The van der Waals surface area contributed by atoms with Gasteiger partial charge in [0, 0.05) is 41.3 Å². The van der Waals surface area contributed by atoms with Crippen molar-refractivity contribution in [2.45, 2.75) is 6.61 Å². The lowest BCUT2D eigenvalue weighted by Gasteiger charge is -2.10. The fraction of sp³-hybridized carbons (Fsp3) is 0.115. The third kappa shape index (κ3) is 3.44. The van der Waals surface area contributed by atoms with Gasteiger partial charge >= 0.3 is 0 Å². The summed E-state index contributed by atoms with van der Waals surface area (Å²) in [6.45, 7) is 0.357. The van der Waals surface area contributed by atoms with Crippen LogP contribution in [0.3, 0.4) is 0 Å². The molecule has 0 amide bonds. The molecule has 0 unspecified atom stereocenters. The van der Waals surface area contributed by atoms with Gasteiger partial charge in [-0.05, 0) is 30.3 Å². The number of aromatic nitrogens is 1. The first-order valence-electron chi connectivity index (χ1n) is 10.0. The molecule has 0 spiro atoms. The second-order valence-corrected chi connectivity index (χ2v) is 7.41. The van der Waals surface area contributed by atoms with Crippen LogP contribution in [0.1, 0.15) is 21.5 Å². The number of nitrogens with zero attached hydrogens (tertiary/aromatic N) is 1. The number of rotatable bonds is 5. The Morgan fingerprint density at radius 3 is 2.71 bits per heavy atom. The van der Waals surface area contributed by atoms with Gasteiger partial charge in [-0.1, -0.05) is 36.4 Å². The number of fused-ring (bicyclic) bond motifs is 2. The van der Waals surface area contributed by atoms with E-state index in [0.29, 0.717) is 29.4 Å². The number of ketones is 1. The molecule has 5 nitrogen and oxygen atoms in total. The van der Waals surface area contributed by atoms with Crippen LogP contribution in [0.15, 0.2) is 78.7 Å². The second kappa shape index (κ2) is 7.69. The van der Waals surface area contributed by atoms with Crippen LogP contribution in [0.5, 0.6) is 17.2 Å². The Labute approximate surface area is 180 Å². The lowest BCUT2D eigenvalue weighted by molar-refractivity contribution is 0.101. The molecule has 0 radical (unpaired) electrons. The minimum atomic E-state index is -0.126. The molecule has 1 aliphatic rings. The molecule has 5 heteroatoms. The summed E-state index contributed by atoms with van der Waals surface area (Å²) in [5.41, 5.74) is 3.53. The van der Waals surface area contributed by atoms with Gasteiger partial charge in [0.1, 0.15) is 23.9 Å². The van der Waals surface area contributed by atoms with Crippen molar-refractivity contribution in [3.63, 3.8) is 0 Å². The summed E-state index contributed by atoms with van der Waals surface area (Å²) in [6.07, 6.45) is 3.80. The van der Waals surface area contributed by atoms with E-state index in [0.717, 1.165) is 27.8 Å². The van der Waals surface area contributed by atoms with Crippen molar-refractivity contribution in [1.29, 1.82) is 0 Å². The number of hydrogen-bond donors (Lipinski definition) is 0. The molecular formula is C26H21NO4. The number of aryl methyl sites for hydroxylation is 1. The highest BCUT2D eigenvalue weighted by Gasteiger charge is 2.28. The van der Waals surface area contributed by atoms with Crippen molar-refractivity contribution in [2.24, 2.45) is 7.05 Å². The maximum atomic E-state index is 12.9.